The topological polar surface area (TPSA) is 150 Å². The maximum absolute atomic E-state index is 5.72. The molecule has 30 heavy (non-hydrogen) atoms. The number of aromatic nitrogens is 5. The highest BCUT2D eigenvalue weighted by Crippen LogP contribution is 2.33. The van der Waals surface area contributed by atoms with E-state index in [0.717, 1.165) is 16.8 Å². The number of rotatable bonds is 6. The smallest absolute Gasteiger partial charge is 0.226 e. The minimum atomic E-state index is 0.0314. The highest BCUT2D eigenvalue weighted by atomic mass is 16.5. The monoisotopic (exact) mass is 404 g/mol. The van der Waals surface area contributed by atoms with E-state index in [1.807, 2.05) is 31.2 Å². The van der Waals surface area contributed by atoms with Gasteiger partial charge >= 0.3 is 0 Å². The SMILES string of the molecule is COc1cc(Oc2cc(N)nc(N)n2)ccc1-c1nnc(Nc2cccc(C)c2)[nH]1. The molecule has 2 aromatic heterocycles. The summed E-state index contributed by atoms with van der Waals surface area (Å²) in [6.45, 7) is 2.02. The van der Waals surface area contributed by atoms with Crippen molar-refractivity contribution in [1.82, 2.24) is 25.1 Å². The molecule has 0 saturated heterocycles. The van der Waals surface area contributed by atoms with Gasteiger partial charge in [-0.2, -0.15) is 9.97 Å². The number of hydrogen-bond acceptors (Lipinski definition) is 9. The van der Waals surface area contributed by atoms with Gasteiger partial charge in [0.15, 0.2) is 5.82 Å². The lowest BCUT2D eigenvalue weighted by Crippen LogP contribution is -2.01. The number of benzene rings is 2. The van der Waals surface area contributed by atoms with Crippen LogP contribution >= 0.6 is 0 Å². The molecule has 0 spiro atoms. The predicted octanol–water partition coefficient (Wildman–Crippen LogP) is 3.28. The molecule has 0 saturated carbocycles. The Morgan fingerprint density at radius 1 is 1.00 bits per heavy atom. The minimum Gasteiger partial charge on any atom is -0.496 e. The fourth-order valence-electron chi connectivity index (χ4n) is 2.86. The van der Waals surface area contributed by atoms with Crippen LogP contribution in [0.1, 0.15) is 5.56 Å². The van der Waals surface area contributed by atoms with Crippen molar-refractivity contribution in [2.45, 2.75) is 6.92 Å². The fourth-order valence-corrected chi connectivity index (χ4v) is 2.86. The number of ether oxygens (including phenoxy) is 2. The van der Waals surface area contributed by atoms with Crippen molar-refractivity contribution >= 4 is 23.4 Å². The van der Waals surface area contributed by atoms with Crippen molar-refractivity contribution in [2.75, 3.05) is 23.9 Å². The van der Waals surface area contributed by atoms with E-state index in [-0.39, 0.29) is 17.6 Å². The summed E-state index contributed by atoms with van der Waals surface area (Å²) in [4.78, 5) is 11.0. The molecule has 4 aromatic rings. The van der Waals surface area contributed by atoms with Gasteiger partial charge in [-0.1, -0.05) is 12.1 Å². The van der Waals surface area contributed by atoms with Crippen molar-refractivity contribution in [3.8, 4) is 28.8 Å². The van der Waals surface area contributed by atoms with E-state index in [1.54, 1.807) is 25.3 Å². The Kier molecular flexibility index (Phi) is 5.04. The van der Waals surface area contributed by atoms with Crippen LogP contribution < -0.4 is 26.3 Å². The van der Waals surface area contributed by atoms with Crippen LogP contribution in [0.3, 0.4) is 0 Å². The lowest BCUT2D eigenvalue weighted by atomic mass is 10.2. The lowest BCUT2D eigenvalue weighted by molar-refractivity contribution is 0.408. The van der Waals surface area contributed by atoms with Gasteiger partial charge in [0.25, 0.3) is 0 Å². The molecule has 152 valence electrons. The van der Waals surface area contributed by atoms with Crippen LogP contribution in [-0.2, 0) is 0 Å². The maximum atomic E-state index is 5.72. The summed E-state index contributed by atoms with van der Waals surface area (Å²) in [7, 11) is 1.56. The Morgan fingerprint density at radius 2 is 1.87 bits per heavy atom. The lowest BCUT2D eigenvalue weighted by Gasteiger charge is -2.10. The Labute approximate surface area is 172 Å². The van der Waals surface area contributed by atoms with Crippen LogP contribution in [0.2, 0.25) is 0 Å². The van der Waals surface area contributed by atoms with Crippen LogP contribution in [0.5, 0.6) is 17.4 Å². The summed E-state index contributed by atoms with van der Waals surface area (Å²) in [5.41, 5.74) is 14.1. The molecule has 4 rings (SSSR count). The number of methoxy groups -OCH3 is 1. The van der Waals surface area contributed by atoms with Crippen molar-refractivity contribution in [1.29, 1.82) is 0 Å². The molecule has 0 amide bonds. The zero-order chi connectivity index (χ0) is 21.1. The van der Waals surface area contributed by atoms with Gasteiger partial charge in [0, 0.05) is 17.8 Å². The Bertz CT molecular complexity index is 1170. The standard InChI is InChI=1S/C20H20N8O2/c1-11-4-3-5-12(8-11)23-20-26-18(27-28-20)14-7-6-13(9-15(14)29-2)30-17-10-16(21)24-19(22)25-17/h3-10H,1-2H3,(H4,21,22,24,25)(H2,23,26,27,28). The summed E-state index contributed by atoms with van der Waals surface area (Å²) in [6, 6.07) is 14.7. The average Bonchev–Trinajstić information content (AvgIpc) is 3.15. The molecular weight excluding hydrogens is 384 g/mol. The molecule has 6 N–H and O–H groups in total. The van der Waals surface area contributed by atoms with Gasteiger partial charge in [0.05, 0.1) is 12.7 Å². The van der Waals surface area contributed by atoms with E-state index in [0.29, 0.717) is 23.3 Å². The van der Waals surface area contributed by atoms with Crippen molar-refractivity contribution in [2.24, 2.45) is 0 Å². The van der Waals surface area contributed by atoms with Crippen LogP contribution in [0.15, 0.2) is 48.5 Å². The highest BCUT2D eigenvalue weighted by molar-refractivity contribution is 5.67. The number of nitrogens with two attached hydrogens (primary N) is 2. The summed E-state index contributed by atoms with van der Waals surface area (Å²) in [5.74, 6) is 2.58. The Balaban J connectivity index is 1.56. The Morgan fingerprint density at radius 3 is 2.63 bits per heavy atom. The number of nitrogens with zero attached hydrogens (tertiary/aromatic N) is 4. The molecule has 0 atom stereocenters. The first kappa shape index (κ1) is 19.0. The van der Waals surface area contributed by atoms with Gasteiger partial charge in [-0.15, -0.1) is 10.2 Å². The molecule has 2 heterocycles. The summed E-state index contributed by atoms with van der Waals surface area (Å²) < 4.78 is 11.2. The van der Waals surface area contributed by atoms with Gasteiger partial charge in [-0.3, -0.25) is 0 Å². The first-order valence-electron chi connectivity index (χ1n) is 9.03. The second-order valence-electron chi connectivity index (χ2n) is 6.47. The Hall–Kier alpha value is -4.34. The maximum Gasteiger partial charge on any atom is 0.226 e. The largest absolute Gasteiger partial charge is 0.496 e. The van der Waals surface area contributed by atoms with Gasteiger partial charge in [0.1, 0.15) is 17.3 Å². The van der Waals surface area contributed by atoms with Crippen LogP contribution in [0.4, 0.5) is 23.4 Å². The zero-order valence-electron chi connectivity index (χ0n) is 16.4. The van der Waals surface area contributed by atoms with Gasteiger partial charge in [-0.05, 0) is 36.8 Å². The predicted molar refractivity (Wildman–Crippen MR) is 114 cm³/mol. The molecular formula is C20H20N8O2. The molecule has 10 heteroatoms. The molecule has 0 aliphatic carbocycles. The number of nitrogen functional groups attached to an aromatic ring is 2. The second-order valence-corrected chi connectivity index (χ2v) is 6.47. The molecule has 0 radical (unpaired) electrons. The minimum absolute atomic E-state index is 0.0314. The molecule has 0 fully saturated rings. The van der Waals surface area contributed by atoms with Crippen LogP contribution in [-0.4, -0.2) is 32.3 Å². The molecule has 0 aliphatic rings. The highest BCUT2D eigenvalue weighted by Gasteiger charge is 2.13. The van der Waals surface area contributed by atoms with E-state index >= 15 is 0 Å². The van der Waals surface area contributed by atoms with Crippen molar-refractivity contribution in [3.63, 3.8) is 0 Å². The average molecular weight is 404 g/mol. The van der Waals surface area contributed by atoms with Gasteiger partial charge < -0.3 is 31.2 Å². The van der Waals surface area contributed by atoms with Gasteiger partial charge in [-0.25, -0.2) is 0 Å². The summed E-state index contributed by atoms with van der Waals surface area (Å²) in [5, 5.41) is 11.6. The number of aromatic amines is 1. The molecule has 2 aromatic carbocycles. The fraction of sp³-hybridized carbons (Fsp3) is 0.100. The quantitative estimate of drug-likeness (QED) is 0.379. The van der Waals surface area contributed by atoms with E-state index in [9.17, 15) is 0 Å². The molecule has 0 aliphatic heterocycles. The first-order chi connectivity index (χ1) is 14.5. The van der Waals surface area contributed by atoms with E-state index in [1.165, 1.54) is 6.07 Å². The van der Waals surface area contributed by atoms with Crippen LogP contribution in [0, 0.1) is 6.92 Å². The summed E-state index contributed by atoms with van der Waals surface area (Å²) >= 11 is 0. The van der Waals surface area contributed by atoms with Gasteiger partial charge in [0.2, 0.25) is 17.8 Å². The number of anilines is 4. The second kappa shape index (κ2) is 7.95. The summed E-state index contributed by atoms with van der Waals surface area (Å²) in [6.07, 6.45) is 0. The zero-order valence-corrected chi connectivity index (χ0v) is 16.4. The van der Waals surface area contributed by atoms with Crippen molar-refractivity contribution in [3.05, 3.63) is 54.1 Å². The van der Waals surface area contributed by atoms with E-state index < -0.39 is 0 Å². The number of aryl methyl sites for hydroxylation is 1. The van der Waals surface area contributed by atoms with E-state index in [2.05, 4.69) is 30.5 Å². The number of hydrogen-bond donors (Lipinski definition) is 4. The normalized spacial score (nSPS) is 10.6. The van der Waals surface area contributed by atoms with Crippen molar-refractivity contribution < 1.29 is 9.47 Å². The molecule has 10 nitrogen and oxygen atoms in total. The third-order valence-electron chi connectivity index (χ3n) is 4.16. The van der Waals surface area contributed by atoms with E-state index in [4.69, 9.17) is 20.9 Å². The third-order valence-corrected chi connectivity index (χ3v) is 4.16. The number of H-pyrrole nitrogens is 1. The third kappa shape index (κ3) is 4.22. The van der Waals surface area contributed by atoms with Crippen LogP contribution in [0.25, 0.3) is 11.4 Å². The molecule has 0 bridgehead atoms. The number of nitrogens with one attached hydrogen (secondary N) is 2. The first-order valence-corrected chi connectivity index (χ1v) is 9.03. The molecule has 0 unspecified atom stereocenters.